The fourth-order valence-electron chi connectivity index (χ4n) is 2.76. The molecule has 3 rings (SSSR count). The minimum Gasteiger partial charge on any atom is -0.384 e. The van der Waals surface area contributed by atoms with Crippen LogP contribution in [0, 0.1) is 5.82 Å². The fraction of sp³-hybridized carbons (Fsp3) is 0.294. The van der Waals surface area contributed by atoms with Gasteiger partial charge in [-0.05, 0) is 36.2 Å². The highest BCUT2D eigenvalue weighted by Gasteiger charge is 2.27. The van der Waals surface area contributed by atoms with Crippen LogP contribution in [0.15, 0.2) is 35.3 Å². The van der Waals surface area contributed by atoms with Gasteiger partial charge in [0.1, 0.15) is 17.3 Å². The Hall–Kier alpha value is -2.84. The average Bonchev–Trinajstić information content (AvgIpc) is 2.96. The van der Waals surface area contributed by atoms with Gasteiger partial charge >= 0.3 is 6.18 Å². The second-order valence-corrected chi connectivity index (χ2v) is 5.86. The van der Waals surface area contributed by atoms with E-state index >= 15 is 0 Å². The van der Waals surface area contributed by atoms with E-state index in [0.29, 0.717) is 17.0 Å². The highest BCUT2D eigenvalue weighted by molar-refractivity contribution is 5.79. The molecule has 0 spiro atoms. The number of aromatic amines is 1. The molecule has 0 aliphatic carbocycles. The van der Waals surface area contributed by atoms with E-state index in [4.69, 9.17) is 0 Å². The molecule has 2 aromatic heterocycles. The van der Waals surface area contributed by atoms with Gasteiger partial charge in [0.25, 0.3) is 5.56 Å². The third kappa shape index (κ3) is 3.87. The van der Waals surface area contributed by atoms with Crippen LogP contribution in [0.25, 0.3) is 11.0 Å². The standard InChI is InChI=1S/C17H16F4N4O/c1-22-12-3-2-6-25(16(12)26)9-14-23-13-8-11(18)7-10(15(13)24-14)4-5-17(19,20)21/h2-3,6-8,22H,4-5,9H2,1H3,(H,23,24). The van der Waals surface area contributed by atoms with Crippen LogP contribution >= 0.6 is 0 Å². The van der Waals surface area contributed by atoms with Gasteiger partial charge < -0.3 is 14.9 Å². The van der Waals surface area contributed by atoms with Gasteiger partial charge in [-0.15, -0.1) is 0 Å². The number of benzene rings is 1. The molecule has 138 valence electrons. The Bertz CT molecular complexity index is 991. The second-order valence-electron chi connectivity index (χ2n) is 5.86. The lowest BCUT2D eigenvalue weighted by Crippen LogP contribution is -2.22. The first-order valence-electron chi connectivity index (χ1n) is 7.88. The van der Waals surface area contributed by atoms with Crippen molar-refractivity contribution in [3.63, 3.8) is 0 Å². The molecule has 2 heterocycles. The van der Waals surface area contributed by atoms with E-state index in [1.807, 2.05) is 0 Å². The Morgan fingerprint density at radius 3 is 2.77 bits per heavy atom. The van der Waals surface area contributed by atoms with Crippen molar-refractivity contribution in [3.8, 4) is 0 Å². The van der Waals surface area contributed by atoms with Crippen molar-refractivity contribution in [1.82, 2.24) is 14.5 Å². The number of imidazole rings is 1. The van der Waals surface area contributed by atoms with Crippen molar-refractivity contribution in [3.05, 3.63) is 58.0 Å². The predicted octanol–water partition coefficient (Wildman–Crippen LogP) is 3.45. The van der Waals surface area contributed by atoms with Crippen molar-refractivity contribution in [2.75, 3.05) is 12.4 Å². The molecular weight excluding hydrogens is 352 g/mol. The molecule has 0 radical (unpaired) electrons. The van der Waals surface area contributed by atoms with E-state index in [0.717, 1.165) is 6.07 Å². The van der Waals surface area contributed by atoms with E-state index in [1.54, 1.807) is 25.4 Å². The maximum Gasteiger partial charge on any atom is 0.389 e. The molecule has 0 saturated carbocycles. The number of rotatable bonds is 5. The smallest absolute Gasteiger partial charge is 0.384 e. The summed E-state index contributed by atoms with van der Waals surface area (Å²) >= 11 is 0. The molecular formula is C17H16F4N4O. The first kappa shape index (κ1) is 18.0. The number of aryl methyl sites for hydroxylation is 1. The summed E-state index contributed by atoms with van der Waals surface area (Å²) < 4.78 is 52.6. The summed E-state index contributed by atoms with van der Waals surface area (Å²) in [6.07, 6.45) is -4.19. The SMILES string of the molecule is CNc1cccn(Cc2nc3c(CCC(F)(F)F)cc(F)cc3[nH]2)c1=O. The average molecular weight is 368 g/mol. The van der Waals surface area contributed by atoms with Crippen molar-refractivity contribution in [1.29, 1.82) is 0 Å². The number of alkyl halides is 3. The Kier molecular flexibility index (Phi) is 4.71. The molecule has 5 nitrogen and oxygen atoms in total. The van der Waals surface area contributed by atoms with Crippen LogP contribution in [-0.2, 0) is 13.0 Å². The number of hydrogen-bond acceptors (Lipinski definition) is 3. The number of pyridine rings is 1. The summed E-state index contributed by atoms with van der Waals surface area (Å²) in [5.41, 5.74) is 0.897. The van der Waals surface area contributed by atoms with Gasteiger partial charge in [0.15, 0.2) is 0 Å². The zero-order valence-electron chi connectivity index (χ0n) is 13.8. The molecule has 0 amide bonds. The van der Waals surface area contributed by atoms with E-state index in [2.05, 4.69) is 15.3 Å². The van der Waals surface area contributed by atoms with Gasteiger partial charge in [-0.25, -0.2) is 9.37 Å². The Morgan fingerprint density at radius 1 is 1.31 bits per heavy atom. The van der Waals surface area contributed by atoms with Gasteiger partial charge in [-0.1, -0.05) is 0 Å². The number of nitrogens with zero attached hydrogens (tertiary/aromatic N) is 2. The summed E-state index contributed by atoms with van der Waals surface area (Å²) in [5.74, 6) is -0.284. The van der Waals surface area contributed by atoms with E-state index < -0.39 is 18.4 Å². The number of aromatic nitrogens is 3. The van der Waals surface area contributed by atoms with Crippen LogP contribution in [0.2, 0.25) is 0 Å². The van der Waals surface area contributed by atoms with Gasteiger partial charge in [-0.3, -0.25) is 4.79 Å². The molecule has 0 saturated heterocycles. The lowest BCUT2D eigenvalue weighted by Gasteiger charge is -2.06. The number of fused-ring (bicyclic) bond motifs is 1. The molecule has 0 unspecified atom stereocenters. The maximum absolute atomic E-state index is 13.7. The van der Waals surface area contributed by atoms with E-state index in [-0.39, 0.29) is 29.6 Å². The number of nitrogens with one attached hydrogen (secondary N) is 2. The highest BCUT2D eigenvalue weighted by atomic mass is 19.4. The molecule has 0 aliphatic rings. The lowest BCUT2D eigenvalue weighted by molar-refractivity contribution is -0.133. The monoisotopic (exact) mass is 368 g/mol. The summed E-state index contributed by atoms with van der Waals surface area (Å²) in [6, 6.07) is 5.55. The Balaban J connectivity index is 1.95. The largest absolute Gasteiger partial charge is 0.389 e. The number of hydrogen-bond donors (Lipinski definition) is 2. The van der Waals surface area contributed by atoms with E-state index in [9.17, 15) is 22.4 Å². The number of anilines is 1. The molecule has 0 atom stereocenters. The zero-order chi connectivity index (χ0) is 18.9. The normalized spacial score (nSPS) is 11.9. The number of halogens is 4. The van der Waals surface area contributed by atoms with Crippen molar-refractivity contribution >= 4 is 16.7 Å². The third-order valence-corrected chi connectivity index (χ3v) is 3.97. The van der Waals surface area contributed by atoms with Gasteiger partial charge in [-0.2, -0.15) is 13.2 Å². The van der Waals surface area contributed by atoms with E-state index in [1.165, 1.54) is 10.6 Å². The lowest BCUT2D eigenvalue weighted by atomic mass is 10.1. The topological polar surface area (TPSA) is 62.7 Å². The molecule has 0 bridgehead atoms. The van der Waals surface area contributed by atoms with Gasteiger partial charge in [0.2, 0.25) is 0 Å². The van der Waals surface area contributed by atoms with Crippen molar-refractivity contribution in [2.24, 2.45) is 0 Å². The predicted molar refractivity (Wildman–Crippen MR) is 89.8 cm³/mol. The first-order chi connectivity index (χ1) is 12.3. The molecule has 26 heavy (non-hydrogen) atoms. The van der Waals surface area contributed by atoms with Crippen LogP contribution in [0.1, 0.15) is 17.8 Å². The third-order valence-electron chi connectivity index (χ3n) is 3.97. The Morgan fingerprint density at radius 2 is 2.08 bits per heavy atom. The van der Waals surface area contributed by atoms with Crippen LogP contribution in [0.5, 0.6) is 0 Å². The maximum atomic E-state index is 13.7. The number of H-pyrrole nitrogens is 1. The molecule has 3 aromatic rings. The highest BCUT2D eigenvalue weighted by Crippen LogP contribution is 2.26. The molecule has 1 aromatic carbocycles. The second kappa shape index (κ2) is 6.81. The summed E-state index contributed by atoms with van der Waals surface area (Å²) in [6.45, 7) is 0.0867. The van der Waals surface area contributed by atoms with Crippen LogP contribution < -0.4 is 10.9 Å². The first-order valence-corrected chi connectivity index (χ1v) is 7.88. The van der Waals surface area contributed by atoms with Crippen molar-refractivity contribution in [2.45, 2.75) is 25.6 Å². The summed E-state index contributed by atoms with van der Waals surface area (Å²) in [7, 11) is 1.62. The van der Waals surface area contributed by atoms with Crippen LogP contribution in [0.4, 0.5) is 23.2 Å². The molecule has 0 fully saturated rings. The van der Waals surface area contributed by atoms with Gasteiger partial charge in [0, 0.05) is 19.7 Å². The summed E-state index contributed by atoms with van der Waals surface area (Å²) in [5, 5.41) is 2.78. The van der Waals surface area contributed by atoms with Crippen molar-refractivity contribution < 1.29 is 17.6 Å². The van der Waals surface area contributed by atoms with Crippen LogP contribution in [-0.4, -0.2) is 27.8 Å². The quantitative estimate of drug-likeness (QED) is 0.678. The molecule has 9 heteroatoms. The zero-order valence-corrected chi connectivity index (χ0v) is 13.8. The van der Waals surface area contributed by atoms with Crippen LogP contribution in [0.3, 0.4) is 0 Å². The Labute approximate surface area is 145 Å². The summed E-state index contributed by atoms with van der Waals surface area (Å²) in [4.78, 5) is 19.4. The molecule has 2 N–H and O–H groups in total. The van der Waals surface area contributed by atoms with Gasteiger partial charge in [0.05, 0.1) is 17.6 Å². The molecule has 0 aliphatic heterocycles. The minimum absolute atomic E-state index is 0.0867. The minimum atomic E-state index is -4.33. The fourth-order valence-corrected chi connectivity index (χ4v) is 2.76.